The van der Waals surface area contributed by atoms with Crippen LogP contribution in [0.25, 0.3) is 0 Å². The SMILES string of the molecule is Cc1ccc(NS(=O)(=O)c2ccc(NC(=O)c3cccc(OCC(C)C)c3)cc2)cc1C. The largest absolute Gasteiger partial charge is 0.493 e. The first-order valence-corrected chi connectivity index (χ1v) is 11.9. The van der Waals surface area contributed by atoms with Crippen molar-refractivity contribution in [3.05, 3.63) is 83.4 Å². The third kappa shape index (κ3) is 6.11. The highest BCUT2D eigenvalue weighted by atomic mass is 32.2. The van der Waals surface area contributed by atoms with E-state index >= 15 is 0 Å². The Morgan fingerprint density at radius 3 is 2.25 bits per heavy atom. The number of rotatable bonds is 8. The molecule has 0 heterocycles. The zero-order valence-corrected chi connectivity index (χ0v) is 19.5. The molecule has 6 nitrogen and oxygen atoms in total. The van der Waals surface area contributed by atoms with Crippen LogP contribution in [0.2, 0.25) is 0 Å². The molecule has 0 unspecified atom stereocenters. The molecular formula is C25H28N2O4S. The van der Waals surface area contributed by atoms with Crippen LogP contribution in [0.15, 0.2) is 71.6 Å². The summed E-state index contributed by atoms with van der Waals surface area (Å²) in [5.41, 5.74) is 3.55. The number of anilines is 2. The van der Waals surface area contributed by atoms with Crippen molar-refractivity contribution >= 4 is 27.3 Å². The zero-order chi connectivity index (χ0) is 23.3. The lowest BCUT2D eigenvalue weighted by atomic mass is 10.1. The van der Waals surface area contributed by atoms with Crippen LogP contribution in [0.4, 0.5) is 11.4 Å². The van der Waals surface area contributed by atoms with E-state index in [1.807, 2.05) is 19.9 Å². The molecule has 3 rings (SSSR count). The summed E-state index contributed by atoms with van der Waals surface area (Å²) in [5, 5.41) is 2.78. The molecule has 3 aromatic rings. The summed E-state index contributed by atoms with van der Waals surface area (Å²) < 4.78 is 33.6. The van der Waals surface area contributed by atoms with Crippen molar-refractivity contribution in [1.29, 1.82) is 0 Å². The van der Waals surface area contributed by atoms with E-state index < -0.39 is 10.0 Å². The van der Waals surface area contributed by atoms with E-state index in [-0.39, 0.29) is 10.8 Å². The lowest BCUT2D eigenvalue weighted by molar-refractivity contribution is 0.102. The van der Waals surface area contributed by atoms with Gasteiger partial charge in [0, 0.05) is 16.9 Å². The van der Waals surface area contributed by atoms with Crippen molar-refractivity contribution in [3.8, 4) is 5.75 Å². The first-order chi connectivity index (χ1) is 15.1. The molecule has 0 saturated carbocycles. The molecule has 7 heteroatoms. The fourth-order valence-corrected chi connectivity index (χ4v) is 3.98. The summed E-state index contributed by atoms with van der Waals surface area (Å²) >= 11 is 0. The van der Waals surface area contributed by atoms with Gasteiger partial charge in [-0.1, -0.05) is 26.0 Å². The van der Waals surface area contributed by atoms with Crippen LogP contribution in [0.3, 0.4) is 0 Å². The number of hydrogen-bond acceptors (Lipinski definition) is 4. The van der Waals surface area contributed by atoms with Gasteiger partial charge in [-0.05, 0) is 85.5 Å². The number of benzene rings is 3. The lowest BCUT2D eigenvalue weighted by Crippen LogP contribution is -2.14. The molecule has 1 amide bonds. The second kappa shape index (κ2) is 9.87. The molecule has 0 aliphatic rings. The Bertz CT molecular complexity index is 1200. The van der Waals surface area contributed by atoms with Crippen LogP contribution >= 0.6 is 0 Å². The van der Waals surface area contributed by atoms with Crippen LogP contribution in [0.5, 0.6) is 5.75 Å². The Kier molecular flexibility index (Phi) is 7.20. The highest BCUT2D eigenvalue weighted by Crippen LogP contribution is 2.21. The monoisotopic (exact) mass is 452 g/mol. The summed E-state index contributed by atoms with van der Waals surface area (Å²) in [6.07, 6.45) is 0. The summed E-state index contributed by atoms with van der Waals surface area (Å²) in [5.74, 6) is 0.709. The van der Waals surface area contributed by atoms with Crippen LogP contribution in [0, 0.1) is 19.8 Å². The maximum atomic E-state index is 12.7. The first-order valence-electron chi connectivity index (χ1n) is 10.4. The van der Waals surface area contributed by atoms with Gasteiger partial charge in [0.15, 0.2) is 0 Å². The number of sulfonamides is 1. The number of ether oxygens (including phenoxy) is 1. The Balaban J connectivity index is 1.68. The summed E-state index contributed by atoms with van der Waals surface area (Å²) in [7, 11) is -3.74. The number of aryl methyl sites for hydroxylation is 2. The average Bonchev–Trinajstić information content (AvgIpc) is 2.75. The van der Waals surface area contributed by atoms with Crippen molar-refractivity contribution < 1.29 is 17.9 Å². The third-order valence-electron chi connectivity index (χ3n) is 4.86. The Morgan fingerprint density at radius 1 is 0.906 bits per heavy atom. The molecule has 0 aliphatic heterocycles. The summed E-state index contributed by atoms with van der Waals surface area (Å²) in [6, 6.07) is 18.4. The van der Waals surface area contributed by atoms with Crippen LogP contribution < -0.4 is 14.8 Å². The van der Waals surface area contributed by atoms with Gasteiger partial charge in [0.05, 0.1) is 11.5 Å². The van der Waals surface area contributed by atoms with E-state index in [2.05, 4.69) is 23.9 Å². The van der Waals surface area contributed by atoms with Crippen molar-refractivity contribution in [2.45, 2.75) is 32.6 Å². The van der Waals surface area contributed by atoms with Crippen molar-refractivity contribution in [2.75, 3.05) is 16.6 Å². The molecule has 32 heavy (non-hydrogen) atoms. The van der Waals surface area contributed by atoms with E-state index in [4.69, 9.17) is 4.74 Å². The van der Waals surface area contributed by atoms with Crippen LogP contribution in [-0.2, 0) is 10.0 Å². The van der Waals surface area contributed by atoms with E-state index in [0.29, 0.717) is 35.2 Å². The van der Waals surface area contributed by atoms with Gasteiger partial charge >= 0.3 is 0 Å². The molecule has 0 aromatic heterocycles. The van der Waals surface area contributed by atoms with Gasteiger partial charge in [-0.3, -0.25) is 9.52 Å². The van der Waals surface area contributed by atoms with Crippen LogP contribution in [-0.4, -0.2) is 20.9 Å². The molecule has 0 spiro atoms. The fraction of sp³-hybridized carbons (Fsp3) is 0.240. The average molecular weight is 453 g/mol. The third-order valence-corrected chi connectivity index (χ3v) is 6.26. The van der Waals surface area contributed by atoms with Crippen molar-refractivity contribution in [1.82, 2.24) is 0 Å². The number of carbonyl (C=O) groups excluding carboxylic acids is 1. The standard InChI is InChI=1S/C25H28N2O4S/c1-17(2)16-31-23-7-5-6-20(15-23)25(28)26-21-10-12-24(13-11-21)32(29,30)27-22-9-8-18(3)19(4)14-22/h5-15,17,27H,16H2,1-4H3,(H,26,28). The van der Waals surface area contributed by atoms with E-state index in [9.17, 15) is 13.2 Å². The van der Waals surface area contributed by atoms with Gasteiger partial charge in [0.1, 0.15) is 5.75 Å². The first kappa shape index (κ1) is 23.3. The molecule has 0 saturated heterocycles. The lowest BCUT2D eigenvalue weighted by Gasteiger charge is -2.12. The molecule has 0 fully saturated rings. The fourth-order valence-electron chi connectivity index (χ4n) is 2.93. The molecule has 168 valence electrons. The number of carbonyl (C=O) groups is 1. The predicted octanol–water partition coefficient (Wildman–Crippen LogP) is 5.39. The Morgan fingerprint density at radius 2 is 1.59 bits per heavy atom. The van der Waals surface area contributed by atoms with Gasteiger partial charge in [-0.15, -0.1) is 0 Å². The second-order valence-corrected chi connectivity index (χ2v) is 9.80. The maximum Gasteiger partial charge on any atom is 0.261 e. The number of hydrogen-bond donors (Lipinski definition) is 2. The number of nitrogens with one attached hydrogen (secondary N) is 2. The molecule has 2 N–H and O–H groups in total. The van der Waals surface area contributed by atoms with Gasteiger partial charge in [-0.25, -0.2) is 8.42 Å². The van der Waals surface area contributed by atoms with Crippen molar-refractivity contribution in [2.24, 2.45) is 5.92 Å². The Hall–Kier alpha value is -3.32. The highest BCUT2D eigenvalue weighted by Gasteiger charge is 2.15. The zero-order valence-electron chi connectivity index (χ0n) is 18.7. The van der Waals surface area contributed by atoms with Gasteiger partial charge in [-0.2, -0.15) is 0 Å². The number of amides is 1. The second-order valence-electron chi connectivity index (χ2n) is 8.12. The molecule has 0 atom stereocenters. The molecular weight excluding hydrogens is 424 g/mol. The topological polar surface area (TPSA) is 84.5 Å². The minimum absolute atomic E-state index is 0.109. The molecule has 0 bridgehead atoms. The minimum atomic E-state index is -3.74. The molecule has 0 aliphatic carbocycles. The molecule has 3 aromatic carbocycles. The summed E-state index contributed by atoms with van der Waals surface area (Å²) in [4.78, 5) is 12.7. The van der Waals surface area contributed by atoms with E-state index in [0.717, 1.165) is 11.1 Å². The quantitative estimate of drug-likeness (QED) is 0.480. The summed E-state index contributed by atoms with van der Waals surface area (Å²) in [6.45, 7) is 8.57. The molecule has 0 radical (unpaired) electrons. The Labute approximate surface area is 189 Å². The van der Waals surface area contributed by atoms with Gasteiger partial charge in [0.25, 0.3) is 15.9 Å². The predicted molar refractivity (Wildman–Crippen MR) is 128 cm³/mol. The minimum Gasteiger partial charge on any atom is -0.493 e. The van der Waals surface area contributed by atoms with E-state index in [1.54, 1.807) is 48.5 Å². The van der Waals surface area contributed by atoms with Crippen LogP contribution in [0.1, 0.15) is 35.3 Å². The van der Waals surface area contributed by atoms with E-state index in [1.165, 1.54) is 12.1 Å². The maximum absolute atomic E-state index is 12.7. The smallest absolute Gasteiger partial charge is 0.261 e. The highest BCUT2D eigenvalue weighted by molar-refractivity contribution is 7.92. The normalized spacial score (nSPS) is 11.3. The van der Waals surface area contributed by atoms with Gasteiger partial charge in [0.2, 0.25) is 0 Å². The van der Waals surface area contributed by atoms with Gasteiger partial charge < -0.3 is 10.1 Å². The van der Waals surface area contributed by atoms with Crippen molar-refractivity contribution in [3.63, 3.8) is 0 Å².